The van der Waals surface area contributed by atoms with Gasteiger partial charge in [0.15, 0.2) is 0 Å². The molecule has 0 amide bonds. The van der Waals surface area contributed by atoms with Crippen LogP contribution in [-0.4, -0.2) is 0 Å². The molecule has 0 aliphatic heterocycles. The van der Waals surface area contributed by atoms with Gasteiger partial charge in [-0.25, -0.2) is 0 Å². The number of hydrogen-bond donors (Lipinski definition) is 0. The van der Waals surface area contributed by atoms with Gasteiger partial charge in [0.05, 0.1) is 0 Å². The van der Waals surface area contributed by atoms with Crippen molar-refractivity contribution < 1.29 is 51.0 Å². The normalized spacial score (nSPS) is 13.7. The van der Waals surface area contributed by atoms with Gasteiger partial charge in [0.25, 0.3) is 0 Å². The Kier molecular flexibility index (Phi) is 9.69. The van der Waals surface area contributed by atoms with Crippen molar-refractivity contribution in [3.63, 3.8) is 0 Å². The van der Waals surface area contributed by atoms with Crippen molar-refractivity contribution in [1.29, 1.82) is 0 Å². The van der Waals surface area contributed by atoms with Crippen molar-refractivity contribution >= 4 is 17.2 Å². The van der Waals surface area contributed by atoms with E-state index in [1.807, 2.05) is 0 Å². The second kappa shape index (κ2) is 12.7. The third-order valence-electron chi connectivity index (χ3n) is 8.52. The quantitative estimate of drug-likeness (QED) is 0.255. The fourth-order valence-electron chi connectivity index (χ4n) is 6.77. The summed E-state index contributed by atoms with van der Waals surface area (Å²) < 4.78 is 0. The Morgan fingerprint density at radius 2 is 1.31 bits per heavy atom. The number of hydrogen-bond acceptors (Lipinski definition) is 0. The van der Waals surface area contributed by atoms with E-state index < -0.39 is 0 Å². The van der Waals surface area contributed by atoms with Gasteiger partial charge in [-0.1, -0.05) is 120 Å². The number of benzene rings is 5. The van der Waals surface area contributed by atoms with E-state index in [9.17, 15) is 0 Å². The minimum Gasteiger partial charge on any atom is -1.00 e. The van der Waals surface area contributed by atoms with Crippen LogP contribution in [0.25, 0.3) is 28.3 Å². The van der Waals surface area contributed by atoms with E-state index in [2.05, 4.69) is 143 Å². The SMILES string of the molecule is CC1=CC(c2c(C)c(=C(c3ccccc3)c3ccccc3)cc3c2=[C-]c2cc(C)ccc2-3)c2cccc(C)c21.[Cl-].[Cl-].[Zr+3]. The van der Waals surface area contributed by atoms with Gasteiger partial charge in [0, 0.05) is 5.92 Å². The van der Waals surface area contributed by atoms with Crippen molar-refractivity contribution in [2.45, 2.75) is 33.6 Å². The van der Waals surface area contributed by atoms with E-state index in [0.29, 0.717) is 0 Å². The molecule has 7 rings (SSSR count). The van der Waals surface area contributed by atoms with Crippen LogP contribution in [0.3, 0.4) is 0 Å². The number of allylic oxidation sites excluding steroid dienone is 2. The standard InChI is InChI=1S/C39H31.2ClH.Zr/c1-24-18-19-31-30(20-24)22-36-34(31)23-33(39(28-13-7-5-8-14-28)29-15-9-6-10-16-29)27(4)38(36)35-21-26(3)37-25(2)12-11-17-32(35)37;;;/h5-21,23,35H,1-4H3;2*1H;/q-1;;;+3/p-2. The maximum atomic E-state index is 3.87. The maximum absolute atomic E-state index is 3.87. The van der Waals surface area contributed by atoms with Crippen molar-refractivity contribution in [3.05, 3.63) is 170 Å². The summed E-state index contributed by atoms with van der Waals surface area (Å²) >= 11 is 0. The van der Waals surface area contributed by atoms with Crippen LogP contribution >= 0.6 is 0 Å². The van der Waals surface area contributed by atoms with Gasteiger partial charge in [-0.05, 0) is 71.9 Å². The molecule has 3 heteroatoms. The van der Waals surface area contributed by atoms with Gasteiger partial charge in [0.2, 0.25) is 0 Å². The second-order valence-corrected chi connectivity index (χ2v) is 11.0. The molecule has 0 saturated carbocycles. The average molecular weight is 662 g/mol. The van der Waals surface area contributed by atoms with Crippen molar-refractivity contribution in [2.75, 3.05) is 0 Å². The van der Waals surface area contributed by atoms with E-state index in [4.69, 9.17) is 0 Å². The van der Waals surface area contributed by atoms with E-state index in [-0.39, 0.29) is 56.9 Å². The molecular weight excluding hydrogens is 631 g/mol. The third kappa shape index (κ3) is 5.22. The predicted molar refractivity (Wildman–Crippen MR) is 164 cm³/mol. The Morgan fingerprint density at radius 3 is 1.95 bits per heavy atom. The molecule has 2 aliphatic carbocycles. The molecule has 1 unspecified atom stereocenters. The number of halogens is 2. The largest absolute Gasteiger partial charge is 3.00 e. The molecule has 0 bridgehead atoms. The fraction of sp³-hybridized carbons (Fsp3) is 0.128. The zero-order valence-corrected chi connectivity index (χ0v) is 28.2. The van der Waals surface area contributed by atoms with Crippen LogP contribution in [0.15, 0.2) is 109 Å². The molecule has 0 aromatic heterocycles. The number of aryl methyl sites for hydroxylation is 2. The van der Waals surface area contributed by atoms with E-state index in [1.165, 1.54) is 82.8 Å². The molecule has 42 heavy (non-hydrogen) atoms. The van der Waals surface area contributed by atoms with Crippen LogP contribution < -0.4 is 35.3 Å². The van der Waals surface area contributed by atoms with Crippen LogP contribution in [0.2, 0.25) is 0 Å². The van der Waals surface area contributed by atoms with Gasteiger partial charge < -0.3 is 24.8 Å². The topological polar surface area (TPSA) is 0 Å². The van der Waals surface area contributed by atoms with E-state index in [0.717, 1.165) is 0 Å². The summed E-state index contributed by atoms with van der Waals surface area (Å²) in [5, 5.41) is 2.55. The molecule has 2 aliphatic rings. The molecule has 5 aromatic rings. The van der Waals surface area contributed by atoms with Crippen molar-refractivity contribution in [1.82, 2.24) is 0 Å². The predicted octanol–water partition coefficient (Wildman–Crippen LogP) is 2.10. The monoisotopic (exact) mass is 659 g/mol. The van der Waals surface area contributed by atoms with Crippen molar-refractivity contribution in [2.24, 2.45) is 0 Å². The summed E-state index contributed by atoms with van der Waals surface area (Å²) in [6, 6.07) is 37.7. The minimum absolute atomic E-state index is 0. The van der Waals surface area contributed by atoms with Crippen LogP contribution in [0.4, 0.5) is 0 Å². The molecule has 0 heterocycles. The maximum Gasteiger partial charge on any atom is 3.00 e. The molecule has 1 atom stereocenters. The molecule has 1 radical (unpaired) electrons. The van der Waals surface area contributed by atoms with Crippen LogP contribution in [-0.2, 0) is 26.2 Å². The fourth-order valence-corrected chi connectivity index (χ4v) is 6.77. The average Bonchev–Trinajstić information content (AvgIpc) is 3.47. The molecule has 0 N–H and O–H groups in total. The summed E-state index contributed by atoms with van der Waals surface area (Å²) in [6.45, 7) is 8.99. The Bertz CT molecular complexity index is 1900. The zero-order chi connectivity index (χ0) is 26.7. The van der Waals surface area contributed by atoms with Crippen LogP contribution in [0.1, 0.15) is 62.9 Å². The first-order chi connectivity index (χ1) is 19.0. The van der Waals surface area contributed by atoms with Gasteiger partial charge in [-0.2, -0.15) is 0 Å². The van der Waals surface area contributed by atoms with Crippen molar-refractivity contribution in [3.8, 4) is 11.1 Å². The summed E-state index contributed by atoms with van der Waals surface area (Å²) in [4.78, 5) is 0. The van der Waals surface area contributed by atoms with Crippen LogP contribution in [0.5, 0.6) is 0 Å². The van der Waals surface area contributed by atoms with Gasteiger partial charge in [-0.15, -0.1) is 34.1 Å². The van der Waals surface area contributed by atoms with E-state index in [1.54, 1.807) is 0 Å². The minimum atomic E-state index is 0. The molecule has 0 saturated heterocycles. The number of rotatable bonds is 3. The molecule has 205 valence electrons. The summed E-state index contributed by atoms with van der Waals surface area (Å²) in [5.74, 6) is 0.198. The Morgan fingerprint density at radius 1 is 0.667 bits per heavy atom. The summed E-state index contributed by atoms with van der Waals surface area (Å²) in [5.41, 5.74) is 17.0. The second-order valence-electron chi connectivity index (χ2n) is 11.0. The Hall–Kier alpha value is -2.96. The first-order valence-electron chi connectivity index (χ1n) is 13.8. The molecule has 0 spiro atoms. The molecular formula is C39H31Cl2Zr. The van der Waals surface area contributed by atoms with Gasteiger partial charge in [-0.3, -0.25) is 0 Å². The summed E-state index contributed by atoms with van der Waals surface area (Å²) in [6.07, 6.45) is 6.35. The molecule has 0 nitrogen and oxygen atoms in total. The Labute approximate surface area is 280 Å². The van der Waals surface area contributed by atoms with Crippen LogP contribution in [0, 0.1) is 20.8 Å². The van der Waals surface area contributed by atoms with E-state index >= 15 is 0 Å². The molecule has 5 aromatic carbocycles. The first kappa shape index (κ1) is 32.0. The van der Waals surface area contributed by atoms with Gasteiger partial charge in [0.1, 0.15) is 0 Å². The molecule has 0 fully saturated rings. The summed E-state index contributed by atoms with van der Waals surface area (Å²) in [7, 11) is 0. The zero-order valence-electron chi connectivity index (χ0n) is 24.2. The first-order valence-corrected chi connectivity index (χ1v) is 13.8. The smallest absolute Gasteiger partial charge is 1.00 e. The Balaban J connectivity index is 0.00000135. The van der Waals surface area contributed by atoms with Gasteiger partial charge >= 0.3 is 26.2 Å². The number of fused-ring (bicyclic) bond motifs is 4. The third-order valence-corrected chi connectivity index (χ3v) is 8.52.